The number of hydrogen-bond donors (Lipinski definition) is 0. The van der Waals surface area contributed by atoms with Crippen molar-refractivity contribution >= 4 is 61.1 Å². The molecule has 1 aliphatic heterocycles. The zero-order valence-corrected chi connectivity index (χ0v) is 20.1. The summed E-state index contributed by atoms with van der Waals surface area (Å²) in [5.41, 5.74) is 1.63. The Bertz CT molecular complexity index is 1210. The predicted molar refractivity (Wildman–Crippen MR) is 125 cm³/mol. The molecule has 1 aromatic heterocycles. The molecule has 0 amide bonds. The third-order valence-corrected chi connectivity index (χ3v) is 9.77. The fourth-order valence-electron chi connectivity index (χ4n) is 3.62. The van der Waals surface area contributed by atoms with Gasteiger partial charge in [0, 0.05) is 24.9 Å². The highest BCUT2D eigenvalue weighted by Crippen LogP contribution is 2.35. The van der Waals surface area contributed by atoms with Gasteiger partial charge in [-0.05, 0) is 42.7 Å². The van der Waals surface area contributed by atoms with Crippen molar-refractivity contribution in [2.45, 2.75) is 29.4 Å². The number of thiazole rings is 1. The van der Waals surface area contributed by atoms with Gasteiger partial charge < -0.3 is 4.90 Å². The summed E-state index contributed by atoms with van der Waals surface area (Å²) in [7, 11) is -3.57. The normalized spacial score (nSPS) is 15.4. The van der Waals surface area contributed by atoms with Crippen molar-refractivity contribution in [3.8, 4) is 0 Å². The lowest BCUT2D eigenvalue weighted by molar-refractivity contribution is 0.529. The molecular weight excluding hydrogens is 502 g/mol. The Hall–Kier alpha value is -1.38. The Balaban J connectivity index is 1.42. The van der Waals surface area contributed by atoms with Crippen molar-refractivity contribution in [1.29, 1.82) is 0 Å². The van der Waals surface area contributed by atoms with Crippen LogP contribution in [0.3, 0.4) is 0 Å². The fraction of sp³-hybridized carbons (Fsp3) is 0.286. The van der Waals surface area contributed by atoms with Gasteiger partial charge in [0.2, 0.25) is 0 Å². The van der Waals surface area contributed by atoms with Crippen molar-refractivity contribution in [2.75, 3.05) is 18.0 Å². The summed E-state index contributed by atoms with van der Waals surface area (Å²) in [6.07, 6.45) is 1.45. The minimum atomic E-state index is -3.57. The summed E-state index contributed by atoms with van der Waals surface area (Å²) in [4.78, 5) is 6.83. The average Bonchev–Trinajstić information content (AvgIpc) is 3.21. The van der Waals surface area contributed by atoms with E-state index in [2.05, 4.69) is 9.88 Å². The summed E-state index contributed by atoms with van der Waals surface area (Å²) in [6, 6.07) is 9.41. The molecule has 2 aromatic carbocycles. The number of rotatable bonds is 5. The fourth-order valence-corrected chi connectivity index (χ4v) is 7.12. The molecule has 4 rings (SSSR count). The number of piperidine rings is 1. The van der Waals surface area contributed by atoms with Gasteiger partial charge in [-0.25, -0.2) is 17.8 Å². The third-order valence-electron chi connectivity index (χ3n) is 5.28. The van der Waals surface area contributed by atoms with E-state index in [0.29, 0.717) is 32.4 Å². The third kappa shape index (κ3) is 4.86. The zero-order valence-electron chi connectivity index (χ0n) is 16.2. The topological polar surface area (TPSA) is 50.3 Å². The second-order valence-electron chi connectivity index (χ2n) is 7.33. The van der Waals surface area contributed by atoms with Gasteiger partial charge >= 0.3 is 0 Å². The predicted octanol–water partition coefficient (Wildman–Crippen LogP) is 6.28. The smallest absolute Gasteiger partial charge is 0.185 e. The molecule has 1 fully saturated rings. The van der Waals surface area contributed by atoms with Crippen LogP contribution in [0.15, 0.2) is 46.7 Å². The van der Waals surface area contributed by atoms with Crippen molar-refractivity contribution < 1.29 is 12.8 Å². The Labute approximate surface area is 199 Å². The molecule has 0 N–H and O–H groups in total. The van der Waals surface area contributed by atoms with Crippen molar-refractivity contribution in [1.82, 2.24) is 4.98 Å². The highest BCUT2D eigenvalue weighted by atomic mass is 35.5. The molecule has 0 spiro atoms. The number of aromatic nitrogens is 1. The van der Waals surface area contributed by atoms with Gasteiger partial charge in [-0.2, -0.15) is 0 Å². The van der Waals surface area contributed by atoms with Gasteiger partial charge in [0.25, 0.3) is 0 Å². The van der Waals surface area contributed by atoms with Crippen LogP contribution in [0.4, 0.5) is 9.52 Å². The summed E-state index contributed by atoms with van der Waals surface area (Å²) in [5.74, 6) is -0.447. The van der Waals surface area contributed by atoms with Gasteiger partial charge in [0.05, 0.1) is 30.9 Å². The van der Waals surface area contributed by atoms with Gasteiger partial charge in [0.15, 0.2) is 15.0 Å². The molecule has 10 heteroatoms. The van der Waals surface area contributed by atoms with E-state index in [4.69, 9.17) is 34.8 Å². The van der Waals surface area contributed by atoms with E-state index in [1.54, 1.807) is 18.2 Å². The molecule has 4 nitrogen and oxygen atoms in total. The zero-order chi connectivity index (χ0) is 22.2. The molecule has 31 heavy (non-hydrogen) atoms. The molecule has 0 saturated carbocycles. The van der Waals surface area contributed by atoms with Crippen LogP contribution in [-0.2, 0) is 16.3 Å². The first-order valence-corrected chi connectivity index (χ1v) is 13.1. The van der Waals surface area contributed by atoms with E-state index in [1.165, 1.54) is 29.5 Å². The van der Waals surface area contributed by atoms with E-state index in [9.17, 15) is 12.8 Å². The quantitative estimate of drug-likeness (QED) is 0.398. The summed E-state index contributed by atoms with van der Waals surface area (Å²) in [5, 5.41) is 2.67. The Morgan fingerprint density at radius 3 is 2.55 bits per heavy atom. The van der Waals surface area contributed by atoms with Gasteiger partial charge in [-0.3, -0.25) is 0 Å². The number of anilines is 1. The standard InChI is InChI=1S/C21H18Cl3FN2O2S2/c22-16-5-4-13(11-18(16)25)10-14-12-30-21(26-14)27-8-6-15(7-9-27)31(28,29)19-3-1-2-17(23)20(19)24/h1-5,11-12,15H,6-10H2. The Morgan fingerprint density at radius 2 is 1.84 bits per heavy atom. The maximum absolute atomic E-state index is 13.7. The maximum Gasteiger partial charge on any atom is 0.185 e. The van der Waals surface area contributed by atoms with Crippen molar-refractivity contribution in [3.63, 3.8) is 0 Å². The number of benzene rings is 2. The molecule has 0 radical (unpaired) electrons. The van der Waals surface area contributed by atoms with Crippen molar-refractivity contribution in [3.05, 3.63) is 73.9 Å². The summed E-state index contributed by atoms with van der Waals surface area (Å²) < 4.78 is 39.8. The van der Waals surface area contributed by atoms with E-state index in [1.807, 2.05) is 5.38 Å². The van der Waals surface area contributed by atoms with E-state index in [-0.39, 0.29) is 20.0 Å². The lowest BCUT2D eigenvalue weighted by Gasteiger charge is -2.31. The van der Waals surface area contributed by atoms with Crippen LogP contribution >= 0.6 is 46.1 Å². The van der Waals surface area contributed by atoms with E-state index >= 15 is 0 Å². The van der Waals surface area contributed by atoms with E-state index in [0.717, 1.165) is 16.4 Å². The lowest BCUT2D eigenvalue weighted by Crippen LogP contribution is -2.39. The molecule has 1 aliphatic rings. The highest BCUT2D eigenvalue weighted by Gasteiger charge is 2.33. The first kappa shape index (κ1) is 22.8. The van der Waals surface area contributed by atoms with Gasteiger partial charge in [-0.1, -0.05) is 46.9 Å². The SMILES string of the molecule is O=S(=O)(c1cccc(Cl)c1Cl)C1CCN(c2nc(Cc3ccc(Cl)c(F)c3)cs2)CC1. The van der Waals surface area contributed by atoms with E-state index < -0.39 is 20.9 Å². The van der Waals surface area contributed by atoms with Crippen LogP contribution in [-0.4, -0.2) is 31.7 Å². The van der Waals surface area contributed by atoms with Crippen LogP contribution in [0.2, 0.25) is 15.1 Å². The number of nitrogens with zero attached hydrogens (tertiary/aromatic N) is 2. The molecular formula is C21H18Cl3FN2O2S2. The molecule has 0 aliphatic carbocycles. The minimum Gasteiger partial charge on any atom is -0.348 e. The Morgan fingerprint density at radius 1 is 1.10 bits per heavy atom. The molecule has 0 unspecified atom stereocenters. The molecule has 0 bridgehead atoms. The molecule has 1 saturated heterocycles. The highest BCUT2D eigenvalue weighted by molar-refractivity contribution is 7.92. The van der Waals surface area contributed by atoms with Gasteiger partial charge in [-0.15, -0.1) is 11.3 Å². The summed E-state index contributed by atoms with van der Waals surface area (Å²) >= 11 is 19.4. The van der Waals surface area contributed by atoms with Crippen LogP contribution < -0.4 is 4.90 Å². The minimum absolute atomic E-state index is 0.0785. The first-order chi connectivity index (χ1) is 14.8. The van der Waals surface area contributed by atoms with Crippen LogP contribution in [0, 0.1) is 5.82 Å². The summed E-state index contributed by atoms with van der Waals surface area (Å²) in [6.45, 7) is 1.15. The second-order valence-corrected chi connectivity index (χ2v) is 11.6. The van der Waals surface area contributed by atoms with Crippen LogP contribution in [0.5, 0.6) is 0 Å². The molecule has 164 valence electrons. The molecule has 2 heterocycles. The largest absolute Gasteiger partial charge is 0.348 e. The second kappa shape index (κ2) is 9.24. The molecule has 3 aromatic rings. The monoisotopic (exact) mass is 518 g/mol. The lowest BCUT2D eigenvalue weighted by atomic mass is 10.1. The van der Waals surface area contributed by atoms with Crippen LogP contribution in [0.1, 0.15) is 24.1 Å². The molecule has 0 atom stereocenters. The van der Waals surface area contributed by atoms with Gasteiger partial charge in [0.1, 0.15) is 5.82 Å². The number of halogens is 4. The van der Waals surface area contributed by atoms with Crippen LogP contribution in [0.25, 0.3) is 0 Å². The maximum atomic E-state index is 13.7. The number of sulfone groups is 1. The first-order valence-electron chi connectivity index (χ1n) is 9.57. The Kier molecular flexibility index (Phi) is 6.79. The van der Waals surface area contributed by atoms with Crippen molar-refractivity contribution in [2.24, 2.45) is 0 Å². The number of hydrogen-bond acceptors (Lipinski definition) is 5. The average molecular weight is 520 g/mol.